The van der Waals surface area contributed by atoms with Crippen LogP contribution in [0, 0.1) is 6.92 Å². The topological polar surface area (TPSA) is 67.6 Å². The van der Waals surface area contributed by atoms with Crippen molar-refractivity contribution in [1.29, 1.82) is 0 Å². The van der Waals surface area contributed by atoms with Crippen LogP contribution in [0.25, 0.3) is 0 Å². The van der Waals surface area contributed by atoms with E-state index in [1.54, 1.807) is 11.9 Å². The predicted molar refractivity (Wildman–Crippen MR) is 104 cm³/mol. The maximum atomic E-state index is 12.8. The molecule has 146 valence electrons. The first-order valence-corrected chi connectivity index (χ1v) is 9.41. The average Bonchev–Trinajstić information content (AvgIpc) is 3.03. The number of aryl methyl sites for hydroxylation is 1. The minimum atomic E-state index is -0.337. The molecule has 0 bridgehead atoms. The van der Waals surface area contributed by atoms with Crippen LogP contribution in [-0.2, 0) is 6.54 Å². The molecule has 0 saturated heterocycles. The number of carbonyl (C=O) groups excluding carboxylic acids is 1. The van der Waals surface area contributed by atoms with Gasteiger partial charge in [0.05, 0.1) is 18.3 Å². The molecule has 1 atom stereocenters. The molecule has 1 aliphatic rings. The molecule has 6 nitrogen and oxygen atoms in total. The Morgan fingerprint density at radius 2 is 2.11 bits per heavy atom. The third-order valence-corrected chi connectivity index (χ3v) is 4.83. The molecule has 2 amide bonds. The van der Waals surface area contributed by atoms with E-state index in [1.807, 2.05) is 39.0 Å². The lowest BCUT2D eigenvalue weighted by atomic mass is 9.89. The van der Waals surface area contributed by atoms with Gasteiger partial charge < -0.3 is 19.5 Å². The second-order valence-corrected chi connectivity index (χ2v) is 8.34. The number of urea groups is 1. The van der Waals surface area contributed by atoms with E-state index < -0.39 is 0 Å². The van der Waals surface area contributed by atoms with Crippen LogP contribution in [0.2, 0.25) is 0 Å². The van der Waals surface area contributed by atoms with Gasteiger partial charge in [-0.1, -0.05) is 36.7 Å². The summed E-state index contributed by atoms with van der Waals surface area (Å²) < 4.78 is 11.4. The van der Waals surface area contributed by atoms with Crippen molar-refractivity contribution in [2.75, 3.05) is 7.05 Å². The highest BCUT2D eigenvalue weighted by molar-refractivity contribution is 5.74. The number of aromatic nitrogens is 1. The lowest BCUT2D eigenvalue weighted by Crippen LogP contribution is -2.44. The van der Waals surface area contributed by atoms with E-state index in [0.29, 0.717) is 24.6 Å². The summed E-state index contributed by atoms with van der Waals surface area (Å²) in [4.78, 5) is 14.4. The summed E-state index contributed by atoms with van der Waals surface area (Å²) in [5.41, 5.74) is 2.73. The first-order chi connectivity index (χ1) is 12.6. The normalized spacial score (nSPS) is 18.0. The lowest BCUT2D eigenvalue weighted by Gasteiger charge is -2.38. The van der Waals surface area contributed by atoms with Gasteiger partial charge in [0.1, 0.15) is 11.4 Å². The number of ether oxygens (including phenoxy) is 1. The first kappa shape index (κ1) is 19.3. The summed E-state index contributed by atoms with van der Waals surface area (Å²) >= 11 is 0. The molecule has 0 spiro atoms. The fourth-order valence-corrected chi connectivity index (χ4v) is 3.34. The molecule has 3 rings (SSSR count). The SMILES string of the molecule is Cc1ccc2c(c1)C(NC(=O)N(C)Cc1cc(C(C)C)no1)CC(C)(C)O2. The minimum Gasteiger partial charge on any atom is -0.487 e. The summed E-state index contributed by atoms with van der Waals surface area (Å²) in [6.07, 6.45) is 0.711. The van der Waals surface area contributed by atoms with Gasteiger partial charge in [0.25, 0.3) is 0 Å². The van der Waals surface area contributed by atoms with Gasteiger partial charge in [-0.15, -0.1) is 0 Å². The number of amides is 2. The summed E-state index contributed by atoms with van der Waals surface area (Å²) in [6, 6.07) is 7.76. The van der Waals surface area contributed by atoms with E-state index in [4.69, 9.17) is 9.26 Å². The van der Waals surface area contributed by atoms with E-state index in [0.717, 1.165) is 22.6 Å². The third kappa shape index (κ3) is 4.43. The van der Waals surface area contributed by atoms with Crippen LogP contribution in [0.4, 0.5) is 4.79 Å². The van der Waals surface area contributed by atoms with Crippen molar-refractivity contribution >= 4 is 6.03 Å². The molecule has 1 aromatic carbocycles. The van der Waals surface area contributed by atoms with E-state index >= 15 is 0 Å². The fourth-order valence-electron chi connectivity index (χ4n) is 3.34. The van der Waals surface area contributed by atoms with Crippen molar-refractivity contribution in [3.63, 3.8) is 0 Å². The summed E-state index contributed by atoms with van der Waals surface area (Å²) in [5.74, 6) is 1.81. The Balaban J connectivity index is 1.71. The third-order valence-electron chi connectivity index (χ3n) is 4.83. The number of carbonyl (C=O) groups is 1. The Morgan fingerprint density at radius 1 is 1.37 bits per heavy atom. The van der Waals surface area contributed by atoms with Gasteiger partial charge in [-0.25, -0.2) is 4.79 Å². The molecular weight excluding hydrogens is 342 g/mol. The Kier molecular flexibility index (Phi) is 5.18. The smallest absolute Gasteiger partial charge is 0.318 e. The minimum absolute atomic E-state index is 0.0976. The van der Waals surface area contributed by atoms with Gasteiger partial charge in [-0.2, -0.15) is 0 Å². The van der Waals surface area contributed by atoms with Gasteiger partial charge in [-0.05, 0) is 32.8 Å². The number of nitrogens with zero attached hydrogens (tertiary/aromatic N) is 2. The molecule has 1 N–H and O–H groups in total. The molecule has 0 saturated carbocycles. The second-order valence-electron chi connectivity index (χ2n) is 8.34. The summed E-state index contributed by atoms with van der Waals surface area (Å²) in [5, 5.41) is 7.20. The summed E-state index contributed by atoms with van der Waals surface area (Å²) in [7, 11) is 1.76. The van der Waals surface area contributed by atoms with Crippen LogP contribution in [-0.4, -0.2) is 28.7 Å². The number of hydrogen-bond acceptors (Lipinski definition) is 4. The van der Waals surface area contributed by atoms with Crippen LogP contribution in [0.5, 0.6) is 5.75 Å². The van der Waals surface area contributed by atoms with Crippen LogP contribution >= 0.6 is 0 Å². The Bertz CT molecular complexity index is 826. The average molecular weight is 371 g/mol. The molecule has 0 aliphatic carbocycles. The Morgan fingerprint density at radius 3 is 2.78 bits per heavy atom. The molecule has 2 aromatic rings. The molecular formula is C21H29N3O3. The molecule has 0 fully saturated rings. The zero-order valence-electron chi connectivity index (χ0n) is 17.0. The van der Waals surface area contributed by atoms with E-state index in [9.17, 15) is 4.79 Å². The second kappa shape index (κ2) is 7.25. The van der Waals surface area contributed by atoms with Gasteiger partial charge in [-0.3, -0.25) is 0 Å². The molecule has 1 aliphatic heterocycles. The van der Waals surface area contributed by atoms with Gasteiger partial charge in [0, 0.05) is 25.1 Å². The maximum Gasteiger partial charge on any atom is 0.318 e. The Labute approximate surface area is 160 Å². The number of hydrogen-bond donors (Lipinski definition) is 1. The molecule has 2 heterocycles. The van der Waals surface area contributed by atoms with Gasteiger partial charge >= 0.3 is 6.03 Å². The molecule has 1 aromatic heterocycles. The van der Waals surface area contributed by atoms with Gasteiger partial charge in [0.2, 0.25) is 0 Å². The fraction of sp³-hybridized carbons (Fsp3) is 0.524. The van der Waals surface area contributed by atoms with E-state index in [-0.39, 0.29) is 17.7 Å². The van der Waals surface area contributed by atoms with Crippen molar-refractivity contribution in [2.45, 2.75) is 65.1 Å². The highest BCUT2D eigenvalue weighted by Gasteiger charge is 2.35. The number of nitrogens with one attached hydrogen (secondary N) is 1. The maximum absolute atomic E-state index is 12.8. The molecule has 0 radical (unpaired) electrons. The highest BCUT2D eigenvalue weighted by Crippen LogP contribution is 2.39. The van der Waals surface area contributed by atoms with Crippen LogP contribution in [0.15, 0.2) is 28.8 Å². The van der Waals surface area contributed by atoms with E-state index in [1.165, 1.54) is 0 Å². The quantitative estimate of drug-likeness (QED) is 0.856. The molecule has 1 unspecified atom stereocenters. The monoisotopic (exact) mass is 371 g/mol. The van der Waals surface area contributed by atoms with Crippen molar-refractivity contribution in [2.24, 2.45) is 0 Å². The van der Waals surface area contributed by atoms with Crippen LogP contribution in [0.3, 0.4) is 0 Å². The standard InChI is InChI=1S/C21H29N3O3/c1-13(2)17-10-15(27-23-17)12-24(6)20(25)22-18-11-21(4,5)26-19-8-7-14(3)9-16(18)19/h7-10,13,18H,11-12H2,1-6H3,(H,22,25). The van der Waals surface area contributed by atoms with Crippen molar-refractivity contribution in [1.82, 2.24) is 15.4 Å². The lowest BCUT2D eigenvalue weighted by molar-refractivity contribution is 0.0665. The molecule has 27 heavy (non-hydrogen) atoms. The molecule has 6 heteroatoms. The Hall–Kier alpha value is -2.50. The largest absolute Gasteiger partial charge is 0.487 e. The van der Waals surface area contributed by atoms with Crippen LogP contribution in [0.1, 0.15) is 68.7 Å². The zero-order chi connectivity index (χ0) is 19.8. The number of benzene rings is 1. The first-order valence-electron chi connectivity index (χ1n) is 9.41. The number of rotatable bonds is 4. The van der Waals surface area contributed by atoms with Crippen molar-refractivity contribution < 1.29 is 14.1 Å². The van der Waals surface area contributed by atoms with Gasteiger partial charge in [0.15, 0.2) is 5.76 Å². The highest BCUT2D eigenvalue weighted by atomic mass is 16.5. The zero-order valence-corrected chi connectivity index (χ0v) is 17.0. The number of fused-ring (bicyclic) bond motifs is 1. The predicted octanol–water partition coefficient (Wildman–Crippen LogP) is 4.55. The van der Waals surface area contributed by atoms with Crippen molar-refractivity contribution in [3.8, 4) is 5.75 Å². The summed E-state index contributed by atoms with van der Waals surface area (Å²) in [6.45, 7) is 10.6. The van der Waals surface area contributed by atoms with E-state index in [2.05, 4.69) is 30.4 Å². The van der Waals surface area contributed by atoms with Crippen LogP contribution < -0.4 is 10.1 Å². The van der Waals surface area contributed by atoms with Crippen molar-refractivity contribution in [3.05, 3.63) is 46.8 Å².